The minimum Gasteiger partial charge on any atom is -0.334 e. The highest BCUT2D eigenvalue weighted by Gasteiger charge is 2.10. The molecular formula is C15H14N4OS2. The monoisotopic (exact) mass is 330 g/mol. The standard InChI is InChI=1S/C15H14N4OS2/c1-19-14(20)13(16-11-6-3-2-4-7-11)17-18-15(19)22-10-12-8-5-9-21-12/h2-9H,10H2,1H3,(H,16,17). The van der Waals surface area contributed by atoms with Crippen molar-refractivity contribution >= 4 is 34.6 Å². The van der Waals surface area contributed by atoms with E-state index in [0.29, 0.717) is 5.16 Å². The summed E-state index contributed by atoms with van der Waals surface area (Å²) in [6.07, 6.45) is 0. The van der Waals surface area contributed by atoms with E-state index < -0.39 is 0 Å². The van der Waals surface area contributed by atoms with Crippen LogP contribution in [0.15, 0.2) is 57.8 Å². The minimum atomic E-state index is -0.187. The van der Waals surface area contributed by atoms with Gasteiger partial charge in [0.25, 0.3) is 5.56 Å². The summed E-state index contributed by atoms with van der Waals surface area (Å²) in [5, 5.41) is 13.8. The van der Waals surface area contributed by atoms with Crippen molar-refractivity contribution in [3.8, 4) is 0 Å². The number of nitrogens with one attached hydrogen (secondary N) is 1. The lowest BCUT2D eigenvalue weighted by Gasteiger charge is -2.08. The second kappa shape index (κ2) is 6.76. The lowest BCUT2D eigenvalue weighted by molar-refractivity contribution is 0.667. The molecule has 0 aliphatic heterocycles. The normalized spacial score (nSPS) is 10.6. The van der Waals surface area contributed by atoms with Gasteiger partial charge in [-0.15, -0.1) is 21.5 Å². The molecule has 2 heterocycles. The molecule has 2 aromatic heterocycles. The SMILES string of the molecule is Cn1c(SCc2cccs2)nnc(Nc2ccccc2)c1=O. The summed E-state index contributed by atoms with van der Waals surface area (Å²) in [7, 11) is 1.71. The first-order valence-electron chi connectivity index (χ1n) is 6.65. The van der Waals surface area contributed by atoms with Gasteiger partial charge in [-0.2, -0.15) is 0 Å². The average Bonchev–Trinajstić information content (AvgIpc) is 3.06. The lowest BCUT2D eigenvalue weighted by atomic mass is 10.3. The fraction of sp³-hybridized carbons (Fsp3) is 0.133. The first kappa shape index (κ1) is 14.8. The van der Waals surface area contributed by atoms with Crippen LogP contribution in [0.25, 0.3) is 0 Å². The van der Waals surface area contributed by atoms with Crippen molar-refractivity contribution in [3.05, 3.63) is 63.1 Å². The van der Waals surface area contributed by atoms with Gasteiger partial charge in [0.15, 0.2) is 5.16 Å². The van der Waals surface area contributed by atoms with Crippen LogP contribution >= 0.6 is 23.1 Å². The molecule has 3 rings (SSSR count). The molecule has 0 aliphatic carbocycles. The van der Waals surface area contributed by atoms with Crippen molar-refractivity contribution in [1.29, 1.82) is 0 Å². The van der Waals surface area contributed by atoms with E-state index >= 15 is 0 Å². The summed E-state index contributed by atoms with van der Waals surface area (Å²) in [5.74, 6) is 1.01. The smallest absolute Gasteiger partial charge is 0.297 e. The molecule has 0 radical (unpaired) electrons. The van der Waals surface area contributed by atoms with E-state index in [0.717, 1.165) is 11.4 Å². The average molecular weight is 330 g/mol. The van der Waals surface area contributed by atoms with Gasteiger partial charge in [-0.1, -0.05) is 36.0 Å². The fourth-order valence-electron chi connectivity index (χ4n) is 1.84. The number of thioether (sulfide) groups is 1. The van der Waals surface area contributed by atoms with Crippen LogP contribution in [-0.2, 0) is 12.8 Å². The molecule has 112 valence electrons. The molecular weight excluding hydrogens is 316 g/mol. The minimum absolute atomic E-state index is 0.187. The van der Waals surface area contributed by atoms with E-state index in [2.05, 4.69) is 21.6 Å². The third kappa shape index (κ3) is 3.37. The number of hydrogen-bond acceptors (Lipinski definition) is 6. The Labute approximate surface area is 136 Å². The molecule has 0 fully saturated rings. The van der Waals surface area contributed by atoms with Crippen LogP contribution in [0.5, 0.6) is 0 Å². The van der Waals surface area contributed by atoms with E-state index in [1.165, 1.54) is 21.2 Å². The van der Waals surface area contributed by atoms with Crippen LogP contribution in [0, 0.1) is 0 Å². The highest BCUT2D eigenvalue weighted by atomic mass is 32.2. The zero-order valence-corrected chi connectivity index (χ0v) is 13.5. The van der Waals surface area contributed by atoms with Gasteiger partial charge in [0.05, 0.1) is 0 Å². The van der Waals surface area contributed by atoms with Gasteiger partial charge < -0.3 is 5.32 Å². The summed E-state index contributed by atoms with van der Waals surface area (Å²) in [6, 6.07) is 13.5. The maximum atomic E-state index is 12.3. The number of rotatable bonds is 5. The second-order valence-electron chi connectivity index (χ2n) is 4.55. The lowest BCUT2D eigenvalue weighted by Crippen LogP contribution is -2.24. The summed E-state index contributed by atoms with van der Waals surface area (Å²) in [5.41, 5.74) is 0.625. The fourth-order valence-corrected chi connectivity index (χ4v) is 3.52. The van der Waals surface area contributed by atoms with Gasteiger partial charge >= 0.3 is 0 Å². The van der Waals surface area contributed by atoms with Gasteiger partial charge in [0.2, 0.25) is 5.82 Å². The number of nitrogens with zero attached hydrogens (tertiary/aromatic N) is 3. The van der Waals surface area contributed by atoms with Gasteiger partial charge in [-0.05, 0) is 23.6 Å². The predicted octanol–water partition coefficient (Wildman–Crippen LogP) is 3.27. The largest absolute Gasteiger partial charge is 0.334 e. The Morgan fingerprint density at radius 3 is 2.73 bits per heavy atom. The molecule has 0 unspecified atom stereocenters. The van der Waals surface area contributed by atoms with Crippen LogP contribution in [-0.4, -0.2) is 14.8 Å². The van der Waals surface area contributed by atoms with Crippen molar-refractivity contribution in [2.75, 3.05) is 5.32 Å². The molecule has 0 amide bonds. The number of hydrogen-bond donors (Lipinski definition) is 1. The maximum absolute atomic E-state index is 12.3. The van der Waals surface area contributed by atoms with Gasteiger partial charge in [-0.25, -0.2) is 0 Å². The molecule has 0 atom stereocenters. The molecule has 1 N–H and O–H groups in total. The Kier molecular flexibility index (Phi) is 4.55. The Morgan fingerprint density at radius 1 is 1.18 bits per heavy atom. The van der Waals surface area contributed by atoms with Crippen molar-refractivity contribution < 1.29 is 0 Å². The molecule has 0 saturated carbocycles. The van der Waals surface area contributed by atoms with E-state index in [9.17, 15) is 4.79 Å². The van der Waals surface area contributed by atoms with Crippen molar-refractivity contribution in [1.82, 2.24) is 14.8 Å². The zero-order chi connectivity index (χ0) is 15.4. The number of aromatic nitrogens is 3. The van der Waals surface area contributed by atoms with Crippen LogP contribution in [0.2, 0.25) is 0 Å². The van der Waals surface area contributed by atoms with Crippen LogP contribution in [0.4, 0.5) is 11.5 Å². The summed E-state index contributed by atoms with van der Waals surface area (Å²) in [4.78, 5) is 13.6. The van der Waals surface area contributed by atoms with Crippen LogP contribution < -0.4 is 10.9 Å². The number of thiophene rings is 1. The molecule has 0 saturated heterocycles. The Balaban J connectivity index is 1.78. The molecule has 1 aromatic carbocycles. The first-order valence-corrected chi connectivity index (χ1v) is 8.51. The van der Waals surface area contributed by atoms with Gasteiger partial charge in [0, 0.05) is 23.4 Å². The molecule has 22 heavy (non-hydrogen) atoms. The molecule has 0 aliphatic rings. The number of para-hydroxylation sites is 1. The molecule has 0 bridgehead atoms. The summed E-state index contributed by atoms with van der Waals surface area (Å²) < 4.78 is 1.52. The van der Waals surface area contributed by atoms with E-state index in [1.54, 1.807) is 18.4 Å². The number of benzene rings is 1. The summed E-state index contributed by atoms with van der Waals surface area (Å²) >= 11 is 3.19. The third-order valence-electron chi connectivity index (χ3n) is 2.99. The van der Waals surface area contributed by atoms with E-state index in [-0.39, 0.29) is 11.4 Å². The quantitative estimate of drug-likeness (QED) is 0.728. The predicted molar refractivity (Wildman–Crippen MR) is 90.9 cm³/mol. The second-order valence-corrected chi connectivity index (χ2v) is 6.53. The highest BCUT2D eigenvalue weighted by Crippen LogP contribution is 2.22. The van der Waals surface area contributed by atoms with Crippen LogP contribution in [0.3, 0.4) is 0 Å². The van der Waals surface area contributed by atoms with Gasteiger partial charge in [0.1, 0.15) is 0 Å². The van der Waals surface area contributed by atoms with Crippen molar-refractivity contribution in [3.63, 3.8) is 0 Å². The molecule has 7 heteroatoms. The number of anilines is 2. The Hall–Kier alpha value is -2.12. The molecule has 3 aromatic rings. The Morgan fingerprint density at radius 2 is 2.00 bits per heavy atom. The summed E-state index contributed by atoms with van der Waals surface area (Å²) in [6.45, 7) is 0. The zero-order valence-electron chi connectivity index (χ0n) is 11.9. The van der Waals surface area contributed by atoms with E-state index in [4.69, 9.17) is 0 Å². The highest BCUT2D eigenvalue weighted by molar-refractivity contribution is 7.98. The van der Waals surface area contributed by atoms with E-state index in [1.807, 2.05) is 41.8 Å². The van der Waals surface area contributed by atoms with Crippen molar-refractivity contribution in [2.45, 2.75) is 10.9 Å². The van der Waals surface area contributed by atoms with Gasteiger partial charge in [-0.3, -0.25) is 9.36 Å². The first-order chi connectivity index (χ1) is 10.7. The Bertz CT molecular complexity index is 800. The molecule has 5 nitrogen and oxygen atoms in total. The topological polar surface area (TPSA) is 59.8 Å². The maximum Gasteiger partial charge on any atom is 0.297 e. The van der Waals surface area contributed by atoms with Crippen molar-refractivity contribution in [2.24, 2.45) is 7.05 Å². The third-order valence-corrected chi connectivity index (χ3v) is 5.12. The van der Waals surface area contributed by atoms with Crippen LogP contribution in [0.1, 0.15) is 4.88 Å². The molecule has 0 spiro atoms.